The summed E-state index contributed by atoms with van der Waals surface area (Å²) in [5.41, 5.74) is 0. The molecule has 2 nitrogen and oxygen atoms in total. The largest absolute Gasteiger partial charge is 0.481 e. The first-order valence-electron chi connectivity index (χ1n) is 6.88. The van der Waals surface area contributed by atoms with Crippen molar-refractivity contribution in [2.75, 3.05) is 0 Å². The van der Waals surface area contributed by atoms with Crippen LogP contribution in [0.1, 0.15) is 78.1 Å². The van der Waals surface area contributed by atoms with Crippen LogP contribution < -0.4 is 0 Å². The van der Waals surface area contributed by atoms with Gasteiger partial charge in [-0.25, -0.2) is 0 Å². The maximum absolute atomic E-state index is 10.4. The molecular weight excluding hydrogens is 200 g/mol. The molecule has 0 aromatic carbocycles. The second-order valence-electron chi connectivity index (χ2n) is 4.95. The molecule has 0 aliphatic heterocycles. The molecule has 1 N–H and O–H groups in total. The van der Waals surface area contributed by atoms with Crippen LogP contribution in [-0.2, 0) is 4.79 Å². The van der Waals surface area contributed by atoms with E-state index in [2.05, 4.69) is 13.8 Å². The summed E-state index contributed by atoms with van der Waals surface area (Å²) in [5.74, 6) is -0.0850. The van der Waals surface area contributed by atoms with E-state index in [1.54, 1.807) is 0 Å². The van der Waals surface area contributed by atoms with Crippen LogP contribution in [0.25, 0.3) is 0 Å². The standard InChI is InChI=1S/C14H28O2/c1-3-4-5-6-7-8-9-10-13(2)11-12-14(15)16/h13H,3-12H2,1-2H3,(H,15,16). The predicted molar refractivity (Wildman–Crippen MR) is 68.6 cm³/mol. The molecule has 16 heavy (non-hydrogen) atoms. The van der Waals surface area contributed by atoms with E-state index in [1.807, 2.05) is 0 Å². The van der Waals surface area contributed by atoms with E-state index >= 15 is 0 Å². The Labute approximate surface area is 100 Å². The van der Waals surface area contributed by atoms with Crippen LogP contribution in [0.3, 0.4) is 0 Å². The summed E-state index contributed by atoms with van der Waals surface area (Å²) < 4.78 is 0. The van der Waals surface area contributed by atoms with Gasteiger partial charge in [-0.1, -0.05) is 65.2 Å². The Morgan fingerprint density at radius 3 is 2.12 bits per heavy atom. The van der Waals surface area contributed by atoms with Crippen molar-refractivity contribution in [1.29, 1.82) is 0 Å². The zero-order valence-electron chi connectivity index (χ0n) is 11.0. The van der Waals surface area contributed by atoms with Crippen molar-refractivity contribution in [2.24, 2.45) is 5.92 Å². The minimum Gasteiger partial charge on any atom is -0.481 e. The topological polar surface area (TPSA) is 37.3 Å². The van der Waals surface area contributed by atoms with Gasteiger partial charge in [-0.3, -0.25) is 4.79 Å². The first-order chi connectivity index (χ1) is 7.66. The highest BCUT2D eigenvalue weighted by Crippen LogP contribution is 2.16. The number of unbranched alkanes of at least 4 members (excludes halogenated alkanes) is 6. The molecule has 0 rings (SSSR count). The molecular formula is C14H28O2. The highest BCUT2D eigenvalue weighted by atomic mass is 16.4. The Morgan fingerprint density at radius 1 is 1.00 bits per heavy atom. The highest BCUT2D eigenvalue weighted by molar-refractivity contribution is 5.66. The van der Waals surface area contributed by atoms with Gasteiger partial charge >= 0.3 is 5.97 Å². The van der Waals surface area contributed by atoms with Gasteiger partial charge in [0.05, 0.1) is 0 Å². The average molecular weight is 228 g/mol. The van der Waals surface area contributed by atoms with Crippen LogP contribution in [0.5, 0.6) is 0 Å². The summed E-state index contributed by atoms with van der Waals surface area (Å²) >= 11 is 0. The van der Waals surface area contributed by atoms with Crippen LogP contribution in [0.15, 0.2) is 0 Å². The maximum atomic E-state index is 10.4. The van der Waals surface area contributed by atoms with E-state index in [-0.39, 0.29) is 0 Å². The third kappa shape index (κ3) is 11.5. The number of aliphatic carboxylic acids is 1. The molecule has 0 radical (unpaired) electrons. The van der Waals surface area contributed by atoms with Crippen molar-refractivity contribution in [1.82, 2.24) is 0 Å². The Bertz CT molecular complexity index is 166. The van der Waals surface area contributed by atoms with Crippen LogP contribution in [0.2, 0.25) is 0 Å². The number of carboxylic acids is 1. The predicted octanol–water partition coefficient (Wildman–Crippen LogP) is 4.63. The summed E-state index contributed by atoms with van der Waals surface area (Å²) in [7, 11) is 0. The SMILES string of the molecule is CCCCCCCCCC(C)CCC(=O)O. The lowest BCUT2D eigenvalue weighted by molar-refractivity contribution is -0.137. The third-order valence-electron chi connectivity index (χ3n) is 3.15. The van der Waals surface area contributed by atoms with E-state index in [0.29, 0.717) is 12.3 Å². The molecule has 0 spiro atoms. The normalized spacial score (nSPS) is 12.6. The number of hydrogen-bond acceptors (Lipinski definition) is 1. The molecule has 0 heterocycles. The number of carbonyl (C=O) groups is 1. The third-order valence-corrected chi connectivity index (χ3v) is 3.15. The Morgan fingerprint density at radius 2 is 1.56 bits per heavy atom. The molecule has 0 saturated heterocycles. The first kappa shape index (κ1) is 15.5. The summed E-state index contributed by atoms with van der Waals surface area (Å²) in [5, 5.41) is 8.55. The lowest BCUT2D eigenvalue weighted by Gasteiger charge is -2.09. The lowest BCUT2D eigenvalue weighted by atomic mass is 9.97. The van der Waals surface area contributed by atoms with Crippen LogP contribution >= 0.6 is 0 Å². The van der Waals surface area contributed by atoms with E-state index in [0.717, 1.165) is 6.42 Å². The highest BCUT2D eigenvalue weighted by Gasteiger charge is 2.04. The molecule has 0 saturated carbocycles. The number of rotatable bonds is 11. The van der Waals surface area contributed by atoms with Crippen molar-refractivity contribution < 1.29 is 9.90 Å². The summed E-state index contributed by atoms with van der Waals surface area (Å²) in [6.07, 6.45) is 11.7. The van der Waals surface area contributed by atoms with Gasteiger partial charge in [-0.05, 0) is 12.3 Å². The average Bonchev–Trinajstić information content (AvgIpc) is 2.25. The molecule has 0 aliphatic carbocycles. The van der Waals surface area contributed by atoms with E-state index in [9.17, 15) is 4.79 Å². The molecule has 0 amide bonds. The summed E-state index contributed by atoms with van der Waals surface area (Å²) in [6.45, 7) is 4.41. The second-order valence-corrected chi connectivity index (χ2v) is 4.95. The Balaban J connectivity index is 3.15. The fourth-order valence-corrected chi connectivity index (χ4v) is 1.96. The van der Waals surface area contributed by atoms with Gasteiger partial charge in [-0.15, -0.1) is 0 Å². The molecule has 0 bridgehead atoms. The van der Waals surface area contributed by atoms with Crippen LogP contribution in [0, 0.1) is 5.92 Å². The summed E-state index contributed by atoms with van der Waals surface area (Å²) in [4.78, 5) is 10.4. The first-order valence-corrected chi connectivity index (χ1v) is 6.88. The fraction of sp³-hybridized carbons (Fsp3) is 0.929. The minimum absolute atomic E-state index is 0.331. The minimum atomic E-state index is -0.661. The zero-order valence-corrected chi connectivity index (χ0v) is 11.0. The number of hydrogen-bond donors (Lipinski definition) is 1. The van der Waals surface area contributed by atoms with Crippen molar-refractivity contribution in [2.45, 2.75) is 78.1 Å². The van der Waals surface area contributed by atoms with Crippen LogP contribution in [0.4, 0.5) is 0 Å². The lowest BCUT2D eigenvalue weighted by Crippen LogP contribution is -2.01. The van der Waals surface area contributed by atoms with E-state index in [4.69, 9.17) is 5.11 Å². The van der Waals surface area contributed by atoms with Gasteiger partial charge in [0.2, 0.25) is 0 Å². The quantitative estimate of drug-likeness (QED) is 0.523. The molecule has 0 fully saturated rings. The molecule has 1 unspecified atom stereocenters. The van der Waals surface area contributed by atoms with E-state index < -0.39 is 5.97 Å². The smallest absolute Gasteiger partial charge is 0.303 e. The van der Waals surface area contributed by atoms with Crippen molar-refractivity contribution in [3.63, 3.8) is 0 Å². The monoisotopic (exact) mass is 228 g/mol. The van der Waals surface area contributed by atoms with Gasteiger partial charge < -0.3 is 5.11 Å². The fourth-order valence-electron chi connectivity index (χ4n) is 1.96. The molecule has 96 valence electrons. The molecule has 2 heteroatoms. The Kier molecular flexibility index (Phi) is 10.6. The van der Waals surface area contributed by atoms with Crippen molar-refractivity contribution in [3.8, 4) is 0 Å². The molecule has 0 aromatic rings. The van der Waals surface area contributed by atoms with Gasteiger partial charge in [0, 0.05) is 6.42 Å². The van der Waals surface area contributed by atoms with Gasteiger partial charge in [0.15, 0.2) is 0 Å². The number of carboxylic acid groups (broad SMARTS) is 1. The summed E-state index contributed by atoms with van der Waals surface area (Å²) in [6, 6.07) is 0. The van der Waals surface area contributed by atoms with E-state index in [1.165, 1.54) is 51.4 Å². The van der Waals surface area contributed by atoms with Crippen molar-refractivity contribution in [3.05, 3.63) is 0 Å². The molecule has 0 aromatic heterocycles. The Hall–Kier alpha value is -0.530. The zero-order chi connectivity index (χ0) is 12.2. The molecule has 0 aliphatic rings. The second kappa shape index (κ2) is 11.0. The van der Waals surface area contributed by atoms with Gasteiger partial charge in [0.1, 0.15) is 0 Å². The van der Waals surface area contributed by atoms with Gasteiger partial charge in [-0.2, -0.15) is 0 Å². The van der Waals surface area contributed by atoms with Gasteiger partial charge in [0.25, 0.3) is 0 Å². The van der Waals surface area contributed by atoms with Crippen molar-refractivity contribution >= 4 is 5.97 Å². The van der Waals surface area contributed by atoms with Crippen LogP contribution in [-0.4, -0.2) is 11.1 Å². The molecule has 1 atom stereocenters. The maximum Gasteiger partial charge on any atom is 0.303 e.